The largest absolute Gasteiger partial charge is 0.309 e. The van der Waals surface area contributed by atoms with Crippen molar-refractivity contribution in [2.24, 2.45) is 0 Å². The van der Waals surface area contributed by atoms with Crippen LogP contribution in [0.15, 0.2) is 231 Å². The van der Waals surface area contributed by atoms with E-state index >= 15 is 0 Å². The van der Waals surface area contributed by atoms with Crippen molar-refractivity contribution in [2.45, 2.75) is 0 Å². The molecule has 0 amide bonds. The van der Waals surface area contributed by atoms with Gasteiger partial charge in [-0.2, -0.15) is 0 Å². The molecule has 0 aliphatic heterocycles. The van der Waals surface area contributed by atoms with Crippen molar-refractivity contribution in [1.29, 1.82) is 0 Å². The second-order valence-electron chi connectivity index (χ2n) is 14.9. The first-order valence-corrected chi connectivity index (χ1v) is 19.9. The summed E-state index contributed by atoms with van der Waals surface area (Å²) in [5.41, 5.74) is 14.0. The summed E-state index contributed by atoms with van der Waals surface area (Å²) in [5, 5.41) is 7.39. The topological polar surface area (TPSA) is 8.17 Å². The zero-order valence-electron chi connectivity index (χ0n) is 31.8. The molecule has 1 heterocycles. The Balaban J connectivity index is 1.15. The lowest BCUT2D eigenvalue weighted by Crippen LogP contribution is -2.12. The van der Waals surface area contributed by atoms with Gasteiger partial charge in [-0.1, -0.05) is 182 Å². The molecule has 10 aromatic carbocycles. The Bertz CT molecular complexity index is 3270. The monoisotopic (exact) mass is 738 g/mol. The lowest BCUT2D eigenvalue weighted by molar-refractivity contribution is 1.18. The molecule has 0 bridgehead atoms. The highest BCUT2D eigenvalue weighted by atomic mass is 15.1. The van der Waals surface area contributed by atoms with E-state index in [1.165, 1.54) is 71.2 Å². The molecule has 58 heavy (non-hydrogen) atoms. The number of hydrogen-bond acceptors (Lipinski definition) is 1. The first-order chi connectivity index (χ1) is 28.8. The van der Waals surface area contributed by atoms with Gasteiger partial charge in [-0.3, -0.25) is 0 Å². The lowest BCUT2D eigenvalue weighted by atomic mass is 9.95. The average molecular weight is 739 g/mol. The Morgan fingerprint density at radius 1 is 0.310 bits per heavy atom. The third kappa shape index (κ3) is 5.66. The quantitative estimate of drug-likeness (QED) is 0.148. The Morgan fingerprint density at radius 3 is 1.71 bits per heavy atom. The summed E-state index contributed by atoms with van der Waals surface area (Å²) in [4.78, 5) is 2.48. The minimum Gasteiger partial charge on any atom is -0.309 e. The fraction of sp³-hybridized carbons (Fsp3) is 0. The first kappa shape index (κ1) is 33.6. The van der Waals surface area contributed by atoms with Crippen molar-refractivity contribution in [2.75, 3.05) is 4.90 Å². The van der Waals surface area contributed by atoms with Crippen LogP contribution in [0.4, 0.5) is 17.1 Å². The summed E-state index contributed by atoms with van der Waals surface area (Å²) < 4.78 is 2.39. The Morgan fingerprint density at radius 2 is 0.879 bits per heavy atom. The second-order valence-corrected chi connectivity index (χ2v) is 14.9. The molecule has 272 valence electrons. The van der Waals surface area contributed by atoms with E-state index in [2.05, 4.69) is 240 Å². The standard InChI is InChI=1S/C56H38N2/c1-3-17-39(18-4-1)40-33-35-41(36-34-40)47-25-11-13-30-52(47)58(55-38-43-19-7-8-24-46(43)49-26-9-10-27-50(49)55)45-23-15-20-42(37-45)48-29-16-32-54-56(48)51-28-12-14-31-53(51)57(54)44-21-5-2-6-22-44/h1-38H. The maximum Gasteiger partial charge on any atom is 0.0547 e. The van der Waals surface area contributed by atoms with Gasteiger partial charge in [0.15, 0.2) is 0 Å². The molecule has 0 fully saturated rings. The van der Waals surface area contributed by atoms with E-state index in [1.54, 1.807) is 0 Å². The van der Waals surface area contributed by atoms with Crippen LogP contribution in [0.1, 0.15) is 0 Å². The van der Waals surface area contributed by atoms with Gasteiger partial charge in [-0.15, -0.1) is 0 Å². The highest BCUT2D eigenvalue weighted by Gasteiger charge is 2.22. The molecule has 1 aromatic heterocycles. The zero-order valence-corrected chi connectivity index (χ0v) is 31.8. The Kier molecular flexibility index (Phi) is 8.19. The molecule has 0 saturated heterocycles. The molecule has 0 N–H and O–H groups in total. The fourth-order valence-corrected chi connectivity index (χ4v) is 8.94. The van der Waals surface area contributed by atoms with E-state index in [4.69, 9.17) is 0 Å². The van der Waals surface area contributed by atoms with Crippen LogP contribution in [-0.4, -0.2) is 4.57 Å². The van der Waals surface area contributed by atoms with Crippen molar-refractivity contribution in [3.63, 3.8) is 0 Å². The van der Waals surface area contributed by atoms with Crippen molar-refractivity contribution >= 4 is 60.4 Å². The molecule has 0 saturated carbocycles. The van der Waals surface area contributed by atoms with Gasteiger partial charge in [0.05, 0.1) is 22.4 Å². The van der Waals surface area contributed by atoms with Gasteiger partial charge in [0.1, 0.15) is 0 Å². The maximum atomic E-state index is 2.48. The number of para-hydroxylation sites is 3. The molecule has 0 unspecified atom stereocenters. The molecule has 0 aliphatic carbocycles. The van der Waals surface area contributed by atoms with Crippen LogP contribution >= 0.6 is 0 Å². The highest BCUT2D eigenvalue weighted by molar-refractivity contribution is 6.17. The SMILES string of the molecule is c1ccc(-c2ccc(-c3ccccc3N(c3cccc(-c4cccc5c4c4ccccc4n5-c4ccccc4)c3)c3cc4ccccc4c4ccccc34)cc2)cc1. The van der Waals surface area contributed by atoms with Crippen LogP contribution in [0.5, 0.6) is 0 Å². The number of nitrogens with zero attached hydrogens (tertiary/aromatic N) is 2. The summed E-state index contributed by atoms with van der Waals surface area (Å²) in [6, 6.07) is 83.7. The smallest absolute Gasteiger partial charge is 0.0547 e. The van der Waals surface area contributed by atoms with Crippen LogP contribution in [-0.2, 0) is 0 Å². The third-order valence-electron chi connectivity index (χ3n) is 11.6. The number of rotatable bonds is 7. The second kappa shape index (κ2) is 14.1. The summed E-state index contributed by atoms with van der Waals surface area (Å²) in [6.07, 6.45) is 0. The fourth-order valence-electron chi connectivity index (χ4n) is 8.94. The summed E-state index contributed by atoms with van der Waals surface area (Å²) in [5.74, 6) is 0. The molecule has 0 radical (unpaired) electrons. The molecule has 0 atom stereocenters. The normalized spacial score (nSPS) is 11.4. The van der Waals surface area contributed by atoms with E-state index in [9.17, 15) is 0 Å². The Hall–Kier alpha value is -7.68. The van der Waals surface area contributed by atoms with Crippen molar-refractivity contribution in [1.82, 2.24) is 4.57 Å². The minimum absolute atomic E-state index is 1.09. The summed E-state index contributed by atoms with van der Waals surface area (Å²) in [7, 11) is 0. The van der Waals surface area contributed by atoms with Crippen LogP contribution in [0.3, 0.4) is 0 Å². The number of fused-ring (bicyclic) bond motifs is 6. The van der Waals surface area contributed by atoms with Crippen LogP contribution < -0.4 is 4.90 Å². The summed E-state index contributed by atoms with van der Waals surface area (Å²) in [6.45, 7) is 0. The van der Waals surface area contributed by atoms with Gasteiger partial charge in [0.25, 0.3) is 0 Å². The third-order valence-corrected chi connectivity index (χ3v) is 11.6. The van der Waals surface area contributed by atoms with Crippen molar-refractivity contribution in [3.8, 4) is 39.1 Å². The van der Waals surface area contributed by atoms with Gasteiger partial charge >= 0.3 is 0 Å². The molecule has 0 aliphatic rings. The maximum absolute atomic E-state index is 2.48. The van der Waals surface area contributed by atoms with E-state index in [1.807, 2.05) is 0 Å². The zero-order chi connectivity index (χ0) is 38.4. The van der Waals surface area contributed by atoms with Gasteiger partial charge < -0.3 is 9.47 Å². The molecule has 2 nitrogen and oxygen atoms in total. The van der Waals surface area contributed by atoms with E-state index < -0.39 is 0 Å². The molecule has 0 spiro atoms. The highest BCUT2D eigenvalue weighted by Crippen LogP contribution is 2.47. The minimum atomic E-state index is 1.09. The van der Waals surface area contributed by atoms with Crippen LogP contribution in [0.2, 0.25) is 0 Å². The van der Waals surface area contributed by atoms with Gasteiger partial charge in [-0.25, -0.2) is 0 Å². The van der Waals surface area contributed by atoms with E-state index in [0.717, 1.165) is 28.3 Å². The lowest BCUT2D eigenvalue weighted by Gasteiger charge is -2.30. The van der Waals surface area contributed by atoms with Gasteiger partial charge in [0.2, 0.25) is 0 Å². The number of aromatic nitrogens is 1. The average Bonchev–Trinajstić information content (AvgIpc) is 3.65. The molecule has 2 heteroatoms. The summed E-state index contributed by atoms with van der Waals surface area (Å²) >= 11 is 0. The predicted octanol–water partition coefficient (Wildman–Crippen LogP) is 15.6. The van der Waals surface area contributed by atoms with Crippen LogP contribution in [0, 0.1) is 0 Å². The first-order valence-electron chi connectivity index (χ1n) is 19.9. The number of benzene rings is 10. The predicted molar refractivity (Wildman–Crippen MR) is 247 cm³/mol. The van der Waals surface area contributed by atoms with E-state index in [0.29, 0.717) is 0 Å². The molecular weight excluding hydrogens is 701 g/mol. The number of anilines is 3. The van der Waals surface area contributed by atoms with Crippen LogP contribution in [0.25, 0.3) is 82.4 Å². The molecule has 11 aromatic rings. The van der Waals surface area contributed by atoms with E-state index in [-0.39, 0.29) is 0 Å². The number of hydrogen-bond donors (Lipinski definition) is 0. The van der Waals surface area contributed by atoms with Crippen molar-refractivity contribution in [3.05, 3.63) is 231 Å². The van der Waals surface area contributed by atoms with Crippen molar-refractivity contribution < 1.29 is 0 Å². The van der Waals surface area contributed by atoms with Gasteiger partial charge in [-0.05, 0) is 92.5 Å². The van der Waals surface area contributed by atoms with Gasteiger partial charge in [0, 0.05) is 33.1 Å². The molecule has 11 rings (SSSR count). The molecular formula is C56H38N2. The Labute approximate surface area is 338 Å².